The summed E-state index contributed by atoms with van der Waals surface area (Å²) in [4.78, 5) is 0. The van der Waals surface area contributed by atoms with Crippen LogP contribution in [0.15, 0.2) is 30.8 Å². The molecule has 1 aromatic carbocycles. The zero-order valence-corrected chi connectivity index (χ0v) is 16.1. The van der Waals surface area contributed by atoms with Gasteiger partial charge in [-0.1, -0.05) is 45.1 Å². The fourth-order valence-corrected chi connectivity index (χ4v) is 3.20. The van der Waals surface area contributed by atoms with Crippen LogP contribution in [0.2, 0.25) is 18.1 Å². The van der Waals surface area contributed by atoms with Crippen LogP contribution in [0.5, 0.6) is 0 Å². The largest absolute Gasteiger partial charge is 0.411 e. The van der Waals surface area contributed by atoms with E-state index in [0.717, 1.165) is 5.57 Å². The highest BCUT2D eigenvalue weighted by molar-refractivity contribution is 6.74. The van der Waals surface area contributed by atoms with Crippen molar-refractivity contribution in [2.45, 2.75) is 52.4 Å². The number of aromatic nitrogens is 1. The average Bonchev–Trinajstić information content (AvgIpc) is 2.71. The second-order valence-electron chi connectivity index (χ2n) is 7.80. The van der Waals surface area contributed by atoms with Crippen molar-refractivity contribution in [2.24, 2.45) is 7.05 Å². The standard InChI is InChI=1S/C19H29NOSi/c1-14(2)15-9-10-16-11-17(20(6)18(16)12-15)13-21-22(7,8)19(3,4)5/h9-12H,1,13H2,2-8H3. The number of aryl methyl sites for hydroxylation is 1. The third kappa shape index (κ3) is 3.20. The fraction of sp³-hybridized carbons (Fsp3) is 0.474. The van der Waals surface area contributed by atoms with E-state index < -0.39 is 8.32 Å². The molecule has 3 heteroatoms. The van der Waals surface area contributed by atoms with Gasteiger partial charge in [0.25, 0.3) is 0 Å². The molecule has 2 aromatic rings. The van der Waals surface area contributed by atoms with Crippen LogP contribution in [0.1, 0.15) is 39.0 Å². The lowest BCUT2D eigenvalue weighted by Crippen LogP contribution is -2.40. The Morgan fingerprint density at radius 3 is 2.41 bits per heavy atom. The van der Waals surface area contributed by atoms with E-state index in [9.17, 15) is 0 Å². The normalized spacial score (nSPS) is 12.9. The van der Waals surface area contributed by atoms with Gasteiger partial charge < -0.3 is 8.99 Å². The van der Waals surface area contributed by atoms with Crippen molar-refractivity contribution < 1.29 is 4.43 Å². The maximum absolute atomic E-state index is 6.37. The molecule has 0 fully saturated rings. The van der Waals surface area contributed by atoms with Crippen LogP contribution < -0.4 is 0 Å². The molecule has 0 saturated heterocycles. The summed E-state index contributed by atoms with van der Waals surface area (Å²) in [5.74, 6) is 0. The SMILES string of the molecule is C=C(C)c1ccc2cc(CO[Si](C)(C)C(C)(C)C)n(C)c2c1. The maximum Gasteiger partial charge on any atom is 0.192 e. The zero-order chi connectivity index (χ0) is 16.7. The van der Waals surface area contributed by atoms with E-state index in [1.807, 2.05) is 6.92 Å². The summed E-state index contributed by atoms with van der Waals surface area (Å²) >= 11 is 0. The Hall–Kier alpha value is -1.32. The van der Waals surface area contributed by atoms with Gasteiger partial charge in [-0.3, -0.25) is 0 Å². The monoisotopic (exact) mass is 315 g/mol. The third-order valence-electron chi connectivity index (χ3n) is 5.02. The molecule has 0 N–H and O–H groups in total. The highest BCUT2D eigenvalue weighted by Gasteiger charge is 2.37. The molecule has 1 heterocycles. The first-order chi connectivity index (χ1) is 10.0. The number of allylic oxidation sites excluding steroid dienone is 1. The Morgan fingerprint density at radius 1 is 1.23 bits per heavy atom. The van der Waals surface area contributed by atoms with Crippen LogP contribution in [-0.2, 0) is 18.1 Å². The van der Waals surface area contributed by atoms with Gasteiger partial charge in [-0.05, 0) is 48.1 Å². The molecule has 0 aliphatic rings. The molecule has 0 atom stereocenters. The summed E-state index contributed by atoms with van der Waals surface area (Å²) in [6, 6.07) is 8.77. The van der Waals surface area contributed by atoms with E-state index in [2.05, 4.69) is 76.3 Å². The molecule has 2 nitrogen and oxygen atoms in total. The molecule has 0 amide bonds. The molecule has 0 unspecified atom stereocenters. The number of hydrogen-bond donors (Lipinski definition) is 0. The minimum absolute atomic E-state index is 0.241. The van der Waals surface area contributed by atoms with Crippen molar-refractivity contribution >= 4 is 24.8 Å². The molecular formula is C19H29NOSi. The first-order valence-corrected chi connectivity index (χ1v) is 10.8. The minimum atomic E-state index is -1.72. The first kappa shape index (κ1) is 17.0. The van der Waals surface area contributed by atoms with Crippen LogP contribution in [0.25, 0.3) is 16.5 Å². The van der Waals surface area contributed by atoms with E-state index in [4.69, 9.17) is 4.43 Å². The summed E-state index contributed by atoms with van der Waals surface area (Å²) in [6.07, 6.45) is 0. The van der Waals surface area contributed by atoms with E-state index in [-0.39, 0.29) is 5.04 Å². The van der Waals surface area contributed by atoms with Crippen LogP contribution in [0.3, 0.4) is 0 Å². The smallest absolute Gasteiger partial charge is 0.192 e. The summed E-state index contributed by atoms with van der Waals surface area (Å²) in [6.45, 7) is 18.2. The number of hydrogen-bond acceptors (Lipinski definition) is 1. The number of nitrogens with zero attached hydrogens (tertiary/aromatic N) is 1. The minimum Gasteiger partial charge on any atom is -0.411 e. The molecule has 1 aromatic heterocycles. The van der Waals surface area contributed by atoms with Crippen LogP contribution in [-0.4, -0.2) is 12.9 Å². The van der Waals surface area contributed by atoms with Gasteiger partial charge in [0, 0.05) is 18.3 Å². The first-order valence-electron chi connectivity index (χ1n) is 7.91. The zero-order valence-electron chi connectivity index (χ0n) is 15.1. The lowest BCUT2D eigenvalue weighted by molar-refractivity contribution is 0.269. The summed E-state index contributed by atoms with van der Waals surface area (Å²) in [5.41, 5.74) is 4.78. The molecule has 2 rings (SSSR count). The van der Waals surface area contributed by atoms with Crippen LogP contribution in [0.4, 0.5) is 0 Å². The van der Waals surface area contributed by atoms with E-state index >= 15 is 0 Å². The third-order valence-corrected chi connectivity index (χ3v) is 9.50. The molecule has 0 spiro atoms. The molecule has 22 heavy (non-hydrogen) atoms. The maximum atomic E-state index is 6.37. The summed E-state index contributed by atoms with van der Waals surface area (Å²) in [7, 11) is 0.404. The molecule has 120 valence electrons. The quantitative estimate of drug-likeness (QED) is 0.657. The van der Waals surface area contributed by atoms with Gasteiger partial charge in [0.1, 0.15) is 0 Å². The molecular weight excluding hydrogens is 286 g/mol. The van der Waals surface area contributed by atoms with Crippen molar-refractivity contribution in [3.8, 4) is 0 Å². The average molecular weight is 316 g/mol. The van der Waals surface area contributed by atoms with E-state index in [1.165, 1.54) is 22.2 Å². The Bertz CT molecular complexity index is 704. The second kappa shape index (κ2) is 5.71. The Kier molecular flexibility index (Phi) is 4.42. The molecule has 0 aliphatic carbocycles. The van der Waals surface area contributed by atoms with Gasteiger partial charge in [0.2, 0.25) is 0 Å². The molecule has 0 radical (unpaired) electrons. The number of fused-ring (bicyclic) bond motifs is 1. The van der Waals surface area contributed by atoms with Crippen LogP contribution >= 0.6 is 0 Å². The van der Waals surface area contributed by atoms with Gasteiger partial charge in [-0.25, -0.2) is 0 Å². The Morgan fingerprint density at radius 2 is 1.86 bits per heavy atom. The van der Waals surface area contributed by atoms with Crippen molar-refractivity contribution in [1.29, 1.82) is 0 Å². The lowest BCUT2D eigenvalue weighted by Gasteiger charge is -2.36. The van der Waals surface area contributed by atoms with Crippen molar-refractivity contribution in [1.82, 2.24) is 4.57 Å². The van der Waals surface area contributed by atoms with Gasteiger partial charge in [0.05, 0.1) is 6.61 Å². The lowest BCUT2D eigenvalue weighted by atomic mass is 10.1. The van der Waals surface area contributed by atoms with E-state index in [0.29, 0.717) is 6.61 Å². The fourth-order valence-electron chi connectivity index (χ4n) is 2.26. The van der Waals surface area contributed by atoms with Gasteiger partial charge >= 0.3 is 0 Å². The van der Waals surface area contributed by atoms with Gasteiger partial charge in [0.15, 0.2) is 8.32 Å². The van der Waals surface area contributed by atoms with Crippen molar-refractivity contribution in [3.05, 3.63) is 42.1 Å². The number of benzene rings is 1. The predicted molar refractivity (Wildman–Crippen MR) is 99.6 cm³/mol. The number of rotatable bonds is 4. The summed E-state index contributed by atoms with van der Waals surface area (Å²) < 4.78 is 8.61. The highest BCUT2D eigenvalue weighted by atomic mass is 28.4. The van der Waals surface area contributed by atoms with E-state index in [1.54, 1.807) is 0 Å². The molecule has 0 aliphatic heterocycles. The van der Waals surface area contributed by atoms with Crippen LogP contribution in [0, 0.1) is 0 Å². The predicted octanol–water partition coefficient (Wildman–Crippen LogP) is 5.73. The van der Waals surface area contributed by atoms with Crippen molar-refractivity contribution in [2.75, 3.05) is 0 Å². The second-order valence-corrected chi connectivity index (χ2v) is 12.6. The highest BCUT2D eigenvalue weighted by Crippen LogP contribution is 2.37. The molecule has 0 bridgehead atoms. The van der Waals surface area contributed by atoms with Crippen molar-refractivity contribution in [3.63, 3.8) is 0 Å². The topological polar surface area (TPSA) is 14.2 Å². The van der Waals surface area contributed by atoms with Gasteiger partial charge in [-0.15, -0.1) is 0 Å². The summed E-state index contributed by atoms with van der Waals surface area (Å²) in [5, 5.41) is 1.51. The Balaban J connectivity index is 2.30. The molecule has 0 saturated carbocycles. The Labute approximate surface area is 135 Å². The van der Waals surface area contributed by atoms with Gasteiger partial charge in [-0.2, -0.15) is 0 Å².